The number of ether oxygens (including phenoxy) is 2. The van der Waals surface area contributed by atoms with Gasteiger partial charge in [-0.3, -0.25) is 13.9 Å². The van der Waals surface area contributed by atoms with Crippen molar-refractivity contribution in [3.8, 4) is 18.1 Å². The van der Waals surface area contributed by atoms with E-state index in [9.17, 15) is 14.5 Å². The summed E-state index contributed by atoms with van der Waals surface area (Å²) in [5, 5.41) is 13.3. The monoisotopic (exact) mass is 562 g/mol. The number of nitrogens with two attached hydrogens (primary N) is 1. The summed E-state index contributed by atoms with van der Waals surface area (Å²) in [6.45, 7) is 4.09. The van der Waals surface area contributed by atoms with Gasteiger partial charge in [0.1, 0.15) is 29.5 Å². The Balaban J connectivity index is 1.57. The first-order valence-electron chi connectivity index (χ1n) is 11.9. The molecule has 0 radical (unpaired) electrons. The number of imidazole rings is 1. The Labute approximate surface area is 223 Å². The highest BCUT2D eigenvalue weighted by atomic mass is 31.2. The van der Waals surface area contributed by atoms with Crippen molar-refractivity contribution in [3.05, 3.63) is 42.9 Å². The molecule has 3 heterocycles. The Hall–Kier alpha value is -3.60. The van der Waals surface area contributed by atoms with Gasteiger partial charge in [0.15, 0.2) is 11.9 Å². The summed E-state index contributed by atoms with van der Waals surface area (Å²) < 4.78 is 52.9. The highest BCUT2D eigenvalue weighted by Crippen LogP contribution is 2.48. The number of hydrogen-bond acceptors (Lipinski definition) is 11. The van der Waals surface area contributed by atoms with Crippen LogP contribution < -0.4 is 15.3 Å². The lowest BCUT2D eigenvalue weighted by molar-refractivity contribution is -0.149. The number of nitrogens with one attached hydrogen (secondary N) is 1. The number of halogens is 1. The molecular weight excluding hydrogens is 534 g/mol. The van der Waals surface area contributed by atoms with E-state index in [1.165, 1.54) is 36.1 Å². The van der Waals surface area contributed by atoms with Gasteiger partial charge in [0.25, 0.3) is 0 Å². The molecule has 0 saturated carbocycles. The summed E-state index contributed by atoms with van der Waals surface area (Å²) in [5.41, 5.74) is 3.31. The molecule has 1 fully saturated rings. The quantitative estimate of drug-likeness (QED) is 0.187. The Morgan fingerprint density at radius 2 is 2.08 bits per heavy atom. The number of carbonyl (C=O) groups excluding carboxylic acids is 1. The number of alkyl halides is 1. The number of aromatic nitrogens is 4. The molecule has 39 heavy (non-hydrogen) atoms. The second kappa shape index (κ2) is 11.3. The molecule has 0 amide bonds. The molecule has 2 aromatic heterocycles. The molecule has 4 N–H and O–H groups in total. The third kappa shape index (κ3) is 6.03. The van der Waals surface area contributed by atoms with Crippen molar-refractivity contribution >= 4 is 30.8 Å². The normalized spacial score (nSPS) is 25.2. The fourth-order valence-corrected chi connectivity index (χ4v) is 5.33. The number of nitrogen functional groups attached to an aromatic ring is 1. The van der Waals surface area contributed by atoms with Crippen molar-refractivity contribution in [1.82, 2.24) is 24.6 Å². The Morgan fingerprint density at radius 1 is 1.36 bits per heavy atom. The maximum absolute atomic E-state index is 16.0. The number of rotatable bonds is 10. The minimum Gasteiger partial charge on any atom is -0.462 e. The number of anilines is 1. The van der Waals surface area contributed by atoms with Crippen LogP contribution in [0.5, 0.6) is 5.75 Å². The fourth-order valence-electron chi connectivity index (χ4n) is 3.83. The van der Waals surface area contributed by atoms with Gasteiger partial charge in [0.2, 0.25) is 11.6 Å². The number of benzene rings is 1. The van der Waals surface area contributed by atoms with Gasteiger partial charge in [0, 0.05) is 0 Å². The van der Waals surface area contributed by atoms with Gasteiger partial charge in [-0.25, -0.2) is 18.9 Å². The van der Waals surface area contributed by atoms with Crippen LogP contribution in [0.3, 0.4) is 0 Å². The fraction of sp³-hybridized carbons (Fsp3) is 0.417. The Morgan fingerprint density at radius 3 is 2.74 bits per heavy atom. The topological polar surface area (TPSA) is 173 Å². The van der Waals surface area contributed by atoms with Crippen LogP contribution in [0.2, 0.25) is 0 Å². The van der Waals surface area contributed by atoms with Crippen LogP contribution in [0.1, 0.15) is 27.0 Å². The third-order valence-corrected chi connectivity index (χ3v) is 7.33. The van der Waals surface area contributed by atoms with E-state index in [1.807, 2.05) is 5.92 Å². The predicted molar refractivity (Wildman–Crippen MR) is 137 cm³/mol. The molecular formula is C24H28FN6O7P. The van der Waals surface area contributed by atoms with E-state index in [2.05, 4.69) is 20.0 Å². The summed E-state index contributed by atoms with van der Waals surface area (Å²) in [4.78, 5) is 24.3. The average molecular weight is 562 g/mol. The van der Waals surface area contributed by atoms with E-state index in [0.717, 1.165) is 0 Å². The molecule has 1 aliphatic rings. The number of hydrogen-bond donors (Lipinski definition) is 3. The maximum Gasteiger partial charge on any atom is 0.459 e. The lowest BCUT2D eigenvalue weighted by atomic mass is 9.97. The highest BCUT2D eigenvalue weighted by Gasteiger charge is 2.58. The first-order valence-corrected chi connectivity index (χ1v) is 13.4. The van der Waals surface area contributed by atoms with Crippen LogP contribution in [0.4, 0.5) is 10.3 Å². The smallest absolute Gasteiger partial charge is 0.459 e. The SMILES string of the molecule is C#C[C@@]1(F)[C@@H](O)[C@@H](COP(=O)(N[C@@H](C)C(=O)OC(C)C)Oc2ccccc2)O[C@H]1n1cnc2cnc(N)nc21. The minimum absolute atomic E-state index is 0.0944. The second-order valence-electron chi connectivity index (χ2n) is 9.01. The number of nitrogens with zero attached hydrogens (tertiary/aromatic N) is 4. The summed E-state index contributed by atoms with van der Waals surface area (Å²) in [5.74, 6) is 1.31. The molecule has 1 aliphatic heterocycles. The minimum atomic E-state index is -4.32. The number of esters is 1. The van der Waals surface area contributed by atoms with Crippen LogP contribution in [-0.2, 0) is 23.4 Å². The molecule has 208 valence electrons. The van der Waals surface area contributed by atoms with E-state index in [4.69, 9.17) is 30.7 Å². The van der Waals surface area contributed by atoms with E-state index in [1.54, 1.807) is 32.0 Å². The number of aliphatic hydroxyl groups excluding tert-OH is 1. The number of para-hydroxylation sites is 1. The third-order valence-electron chi connectivity index (χ3n) is 5.69. The molecule has 1 unspecified atom stereocenters. The van der Waals surface area contributed by atoms with Crippen LogP contribution in [-0.4, -0.2) is 67.2 Å². The zero-order valence-electron chi connectivity index (χ0n) is 21.3. The summed E-state index contributed by atoms with van der Waals surface area (Å²) in [6.07, 6.45) is 2.69. The summed E-state index contributed by atoms with van der Waals surface area (Å²) >= 11 is 0. The lowest BCUT2D eigenvalue weighted by Crippen LogP contribution is -2.42. The molecule has 1 saturated heterocycles. The van der Waals surface area contributed by atoms with Gasteiger partial charge in [-0.05, 0) is 32.9 Å². The van der Waals surface area contributed by atoms with Gasteiger partial charge in [0.05, 0.1) is 25.2 Å². The standard InChI is InChI=1S/C24H28FN6O7P/c1-5-24(25)19(32)18(37-22(24)31-13-28-17-11-27-23(26)29-20(17)31)12-35-39(34,38-16-9-7-6-8-10-16)30-15(4)21(33)36-14(2)3/h1,6-11,13-15,18-19,22,32H,12H2,2-4H3,(H,30,34)(H2,26,27,29)/t15-,18+,19-,22+,24+,39?/m0/s1. The van der Waals surface area contributed by atoms with Crippen LogP contribution in [0.25, 0.3) is 11.2 Å². The van der Waals surface area contributed by atoms with Crippen LogP contribution in [0, 0.1) is 12.3 Å². The van der Waals surface area contributed by atoms with Gasteiger partial charge >= 0.3 is 13.7 Å². The summed E-state index contributed by atoms with van der Waals surface area (Å²) in [6, 6.07) is 6.93. The molecule has 0 spiro atoms. The average Bonchev–Trinajstić information content (AvgIpc) is 3.41. The van der Waals surface area contributed by atoms with Gasteiger partial charge in [-0.1, -0.05) is 24.1 Å². The van der Waals surface area contributed by atoms with Crippen molar-refractivity contribution in [1.29, 1.82) is 0 Å². The van der Waals surface area contributed by atoms with E-state index in [-0.39, 0.29) is 22.9 Å². The second-order valence-corrected chi connectivity index (χ2v) is 10.7. The van der Waals surface area contributed by atoms with E-state index < -0.39 is 56.6 Å². The molecule has 0 aliphatic carbocycles. The van der Waals surface area contributed by atoms with E-state index >= 15 is 4.39 Å². The van der Waals surface area contributed by atoms with Crippen molar-refractivity contribution in [2.24, 2.45) is 0 Å². The van der Waals surface area contributed by atoms with Crippen molar-refractivity contribution in [2.45, 2.75) is 57.0 Å². The number of carbonyl (C=O) groups is 1. The predicted octanol–water partition coefficient (Wildman–Crippen LogP) is 2.14. The molecule has 4 rings (SSSR count). The first kappa shape index (κ1) is 28.4. The molecule has 3 aromatic rings. The van der Waals surface area contributed by atoms with Crippen molar-refractivity contribution in [3.63, 3.8) is 0 Å². The Kier molecular flexibility index (Phi) is 8.20. The number of terminal acetylenes is 1. The van der Waals surface area contributed by atoms with Crippen LogP contribution in [0.15, 0.2) is 42.9 Å². The van der Waals surface area contributed by atoms with Crippen molar-refractivity contribution in [2.75, 3.05) is 12.3 Å². The molecule has 6 atom stereocenters. The molecule has 15 heteroatoms. The number of fused-ring (bicyclic) bond motifs is 1. The first-order chi connectivity index (χ1) is 18.5. The largest absolute Gasteiger partial charge is 0.462 e. The lowest BCUT2D eigenvalue weighted by Gasteiger charge is -2.25. The highest BCUT2D eigenvalue weighted by molar-refractivity contribution is 7.52. The van der Waals surface area contributed by atoms with Crippen LogP contribution >= 0.6 is 7.75 Å². The Bertz CT molecular complexity index is 1420. The molecule has 13 nitrogen and oxygen atoms in total. The van der Waals surface area contributed by atoms with Gasteiger partial charge < -0.3 is 24.8 Å². The van der Waals surface area contributed by atoms with Gasteiger partial charge in [-0.15, -0.1) is 6.42 Å². The van der Waals surface area contributed by atoms with E-state index in [0.29, 0.717) is 0 Å². The van der Waals surface area contributed by atoms with Crippen molar-refractivity contribution < 1.29 is 37.4 Å². The summed E-state index contributed by atoms with van der Waals surface area (Å²) in [7, 11) is -4.32. The molecule has 0 bridgehead atoms. The zero-order chi connectivity index (χ0) is 28.4. The van der Waals surface area contributed by atoms with Gasteiger partial charge in [-0.2, -0.15) is 10.1 Å². The zero-order valence-corrected chi connectivity index (χ0v) is 22.2. The molecule has 1 aromatic carbocycles. The maximum atomic E-state index is 16.0. The number of aliphatic hydroxyl groups is 1.